The van der Waals surface area contributed by atoms with E-state index in [0.29, 0.717) is 12.1 Å². The molecule has 1 aromatic carbocycles. The number of phenols is 1. The van der Waals surface area contributed by atoms with Gasteiger partial charge in [0.1, 0.15) is 5.75 Å². The summed E-state index contributed by atoms with van der Waals surface area (Å²) in [5, 5.41) is 12.5. The largest absolute Gasteiger partial charge is 0.507 e. The molecule has 1 aromatic rings. The summed E-state index contributed by atoms with van der Waals surface area (Å²) in [6.45, 7) is 0.662. The minimum absolute atomic E-state index is 0.00628. The van der Waals surface area contributed by atoms with Gasteiger partial charge in [-0.15, -0.1) is 0 Å². The average Bonchev–Trinajstić information content (AvgIpc) is 2.33. The van der Waals surface area contributed by atoms with Crippen LogP contribution in [0.5, 0.6) is 5.75 Å². The van der Waals surface area contributed by atoms with Gasteiger partial charge in [-0.1, -0.05) is 51.4 Å². The number of carbonyl (C=O) groups excluding carboxylic acids is 1. The van der Waals surface area contributed by atoms with Crippen LogP contribution >= 0.6 is 38.5 Å². The van der Waals surface area contributed by atoms with Crippen molar-refractivity contribution in [3.8, 4) is 5.75 Å². The van der Waals surface area contributed by atoms with Crippen LogP contribution in [0.15, 0.2) is 22.7 Å². The van der Waals surface area contributed by atoms with E-state index < -0.39 is 0 Å². The number of rotatable bonds is 7. The number of nitrogens with one attached hydrogen (secondary N) is 1. The molecule has 0 unspecified atom stereocenters. The van der Waals surface area contributed by atoms with Gasteiger partial charge < -0.3 is 10.4 Å². The predicted octanol–water partition coefficient (Wildman–Crippen LogP) is 3.88. The number of amides is 1. The summed E-state index contributed by atoms with van der Waals surface area (Å²) < 4.78 is 1.95. The summed E-state index contributed by atoms with van der Waals surface area (Å²) in [4.78, 5) is 11.8. The maximum atomic E-state index is 11.8. The molecule has 2 N–H and O–H groups in total. The van der Waals surface area contributed by atoms with E-state index in [1.165, 1.54) is 23.3 Å². The molecule has 5 heteroatoms. The lowest BCUT2D eigenvalue weighted by atomic mass is 10.1. The number of hydrogen-bond donors (Lipinski definition) is 2. The van der Waals surface area contributed by atoms with Crippen LogP contribution in [0, 0.1) is 0 Å². The fourth-order valence-electron chi connectivity index (χ4n) is 1.57. The second-order valence-electron chi connectivity index (χ2n) is 4.02. The summed E-state index contributed by atoms with van der Waals surface area (Å²) in [5.74, 6) is -0.208. The van der Waals surface area contributed by atoms with Gasteiger partial charge in [-0.25, -0.2) is 0 Å². The maximum absolute atomic E-state index is 11.8. The predicted molar refractivity (Wildman–Crippen MR) is 85.5 cm³/mol. The van der Waals surface area contributed by atoms with Crippen molar-refractivity contribution in [2.45, 2.75) is 25.7 Å². The second-order valence-corrected chi connectivity index (χ2v) is 6.01. The first-order valence-electron chi connectivity index (χ1n) is 5.98. The molecule has 0 spiro atoms. The van der Waals surface area contributed by atoms with Gasteiger partial charge >= 0.3 is 0 Å². The van der Waals surface area contributed by atoms with Gasteiger partial charge in [-0.2, -0.15) is 0 Å². The van der Waals surface area contributed by atoms with E-state index in [0.717, 1.165) is 17.3 Å². The Morgan fingerprint density at radius 3 is 2.67 bits per heavy atom. The molecule has 0 bridgehead atoms. The van der Waals surface area contributed by atoms with Crippen LogP contribution in [0.1, 0.15) is 36.0 Å². The third kappa shape index (κ3) is 5.56. The lowest BCUT2D eigenvalue weighted by Crippen LogP contribution is -2.24. The topological polar surface area (TPSA) is 49.3 Å². The fraction of sp³-hybridized carbons (Fsp3) is 0.462. The van der Waals surface area contributed by atoms with Crippen molar-refractivity contribution in [2.75, 3.05) is 11.0 Å². The van der Waals surface area contributed by atoms with Crippen molar-refractivity contribution in [1.82, 2.24) is 5.32 Å². The first-order valence-corrected chi connectivity index (χ1v) is 8.29. The van der Waals surface area contributed by atoms with Crippen LogP contribution < -0.4 is 5.32 Å². The zero-order valence-corrected chi connectivity index (χ0v) is 13.8. The number of benzene rings is 1. The molecule has 1 amide bonds. The maximum Gasteiger partial charge on any atom is 0.255 e. The number of unbranched alkanes of at least 4 members (excludes halogenated alkanes) is 3. The minimum atomic E-state index is -0.214. The second kappa shape index (κ2) is 8.74. The molecule has 0 radical (unpaired) electrons. The standard InChI is InChI=1S/C13H17BrINO2/c14-10-5-6-11(12(17)9-10)13(18)16-8-4-2-1-3-7-15/h5-6,9,17H,1-4,7-8H2,(H,16,18). The third-order valence-corrected chi connectivity index (χ3v) is 3.81. The number of halogens is 2. The quantitative estimate of drug-likeness (QED) is 0.395. The molecule has 0 aromatic heterocycles. The van der Waals surface area contributed by atoms with Crippen LogP contribution in [-0.2, 0) is 0 Å². The Balaban J connectivity index is 2.32. The molecule has 1 rings (SSSR count). The third-order valence-electron chi connectivity index (χ3n) is 2.55. The molecule has 0 atom stereocenters. The van der Waals surface area contributed by atoms with Gasteiger partial charge in [0.2, 0.25) is 0 Å². The molecule has 100 valence electrons. The lowest BCUT2D eigenvalue weighted by molar-refractivity contribution is 0.0950. The van der Waals surface area contributed by atoms with Gasteiger partial charge in [0.25, 0.3) is 5.91 Å². The number of aromatic hydroxyl groups is 1. The van der Waals surface area contributed by atoms with Crippen LogP contribution in [0.25, 0.3) is 0 Å². The highest BCUT2D eigenvalue weighted by Crippen LogP contribution is 2.22. The van der Waals surface area contributed by atoms with Gasteiger partial charge in [0.15, 0.2) is 0 Å². The van der Waals surface area contributed by atoms with E-state index >= 15 is 0 Å². The molecular formula is C13H17BrINO2. The highest BCUT2D eigenvalue weighted by Gasteiger charge is 2.10. The van der Waals surface area contributed by atoms with E-state index in [1.807, 2.05) is 0 Å². The minimum Gasteiger partial charge on any atom is -0.507 e. The van der Waals surface area contributed by atoms with Crippen LogP contribution in [0.4, 0.5) is 0 Å². The van der Waals surface area contributed by atoms with Gasteiger partial charge in [-0.3, -0.25) is 4.79 Å². The zero-order valence-electron chi connectivity index (χ0n) is 10.1. The summed E-state index contributed by atoms with van der Waals surface area (Å²) >= 11 is 5.61. The van der Waals surface area contributed by atoms with Crippen molar-refractivity contribution in [3.05, 3.63) is 28.2 Å². The van der Waals surface area contributed by atoms with Gasteiger partial charge in [0, 0.05) is 11.0 Å². The highest BCUT2D eigenvalue weighted by atomic mass is 127. The smallest absolute Gasteiger partial charge is 0.255 e. The first kappa shape index (κ1) is 15.8. The zero-order chi connectivity index (χ0) is 13.4. The van der Waals surface area contributed by atoms with E-state index in [2.05, 4.69) is 43.8 Å². The normalized spacial score (nSPS) is 10.3. The van der Waals surface area contributed by atoms with Gasteiger partial charge in [0.05, 0.1) is 5.56 Å². The van der Waals surface area contributed by atoms with E-state index in [4.69, 9.17) is 0 Å². The molecule has 0 heterocycles. The Morgan fingerprint density at radius 2 is 2.00 bits per heavy atom. The Bertz CT molecular complexity index is 399. The Morgan fingerprint density at radius 1 is 1.28 bits per heavy atom. The monoisotopic (exact) mass is 425 g/mol. The summed E-state index contributed by atoms with van der Waals surface area (Å²) in [6.07, 6.45) is 4.57. The summed E-state index contributed by atoms with van der Waals surface area (Å²) in [6, 6.07) is 4.88. The highest BCUT2D eigenvalue weighted by molar-refractivity contribution is 14.1. The number of hydrogen-bond acceptors (Lipinski definition) is 2. The number of phenolic OH excluding ortho intramolecular Hbond substituents is 1. The van der Waals surface area contributed by atoms with Crippen LogP contribution in [0.2, 0.25) is 0 Å². The molecule has 0 aliphatic rings. The molecule has 3 nitrogen and oxygen atoms in total. The van der Waals surface area contributed by atoms with Crippen molar-refractivity contribution in [3.63, 3.8) is 0 Å². The van der Waals surface area contributed by atoms with Crippen molar-refractivity contribution in [1.29, 1.82) is 0 Å². The number of carbonyl (C=O) groups is 1. The van der Waals surface area contributed by atoms with E-state index in [-0.39, 0.29) is 11.7 Å². The first-order chi connectivity index (χ1) is 8.65. The summed E-state index contributed by atoms with van der Waals surface area (Å²) in [7, 11) is 0. The SMILES string of the molecule is O=C(NCCCCCCI)c1ccc(Br)cc1O. The van der Waals surface area contributed by atoms with Crippen molar-refractivity contribution in [2.24, 2.45) is 0 Å². The van der Waals surface area contributed by atoms with Crippen LogP contribution in [0.3, 0.4) is 0 Å². The van der Waals surface area contributed by atoms with E-state index in [9.17, 15) is 9.90 Å². The van der Waals surface area contributed by atoms with E-state index in [1.54, 1.807) is 12.1 Å². The molecule has 0 saturated heterocycles. The molecule has 0 aliphatic carbocycles. The lowest BCUT2D eigenvalue weighted by Gasteiger charge is -2.07. The van der Waals surface area contributed by atoms with Crippen molar-refractivity contribution < 1.29 is 9.90 Å². The average molecular weight is 426 g/mol. The molecule has 0 fully saturated rings. The van der Waals surface area contributed by atoms with Crippen LogP contribution in [-0.4, -0.2) is 22.0 Å². The Kier molecular flexibility index (Phi) is 7.65. The summed E-state index contributed by atoms with van der Waals surface area (Å²) in [5.41, 5.74) is 0.325. The molecular weight excluding hydrogens is 409 g/mol. The molecule has 0 saturated carbocycles. The van der Waals surface area contributed by atoms with Crippen molar-refractivity contribution >= 4 is 44.4 Å². The fourth-order valence-corrected chi connectivity index (χ4v) is 2.46. The molecule has 18 heavy (non-hydrogen) atoms. The number of alkyl halides is 1. The Hall–Kier alpha value is -0.300. The molecule has 0 aliphatic heterocycles. The van der Waals surface area contributed by atoms with Gasteiger partial charge in [-0.05, 0) is 35.5 Å². The Labute approximate surface area is 130 Å².